The minimum absolute atomic E-state index is 0. The van der Waals surface area contributed by atoms with Crippen LogP contribution in [0.5, 0.6) is 0 Å². The first kappa shape index (κ1) is 16.2. The number of halogens is 1. The molecule has 2 aliphatic heterocycles. The van der Waals surface area contributed by atoms with E-state index < -0.39 is 0 Å². The van der Waals surface area contributed by atoms with Crippen LogP contribution in [0.25, 0.3) is 0 Å². The molecule has 0 unspecified atom stereocenters. The van der Waals surface area contributed by atoms with Crippen molar-refractivity contribution >= 4 is 18.3 Å². The number of nitrogens with one attached hydrogen (secondary N) is 1. The second-order valence-corrected chi connectivity index (χ2v) is 6.71. The van der Waals surface area contributed by atoms with Crippen LogP contribution < -0.4 is 5.32 Å². The molecule has 2 fully saturated rings. The van der Waals surface area contributed by atoms with Crippen LogP contribution in [0.3, 0.4) is 0 Å². The molecule has 2 saturated heterocycles. The molecule has 0 radical (unpaired) electrons. The molecule has 3 heterocycles. The lowest BCUT2D eigenvalue weighted by atomic mass is 9.93. The molecule has 0 aliphatic carbocycles. The summed E-state index contributed by atoms with van der Waals surface area (Å²) in [5, 5.41) is 11.6. The highest BCUT2D eigenvalue weighted by Crippen LogP contribution is 2.29. The van der Waals surface area contributed by atoms with Gasteiger partial charge in [-0.1, -0.05) is 19.1 Å². The second-order valence-electron chi connectivity index (χ2n) is 6.71. The van der Waals surface area contributed by atoms with E-state index in [1.54, 1.807) is 0 Å². The van der Waals surface area contributed by atoms with E-state index in [2.05, 4.69) is 29.5 Å². The predicted octanol–water partition coefficient (Wildman–Crippen LogP) is 1.50. The summed E-state index contributed by atoms with van der Waals surface area (Å²) in [5.74, 6) is 0.0239. The smallest absolute Gasteiger partial charge is 0.276 e. The molecule has 7 heteroatoms. The topological polar surface area (TPSA) is 63.1 Å². The van der Waals surface area contributed by atoms with Crippen LogP contribution >= 0.6 is 12.4 Å². The van der Waals surface area contributed by atoms with Gasteiger partial charge >= 0.3 is 0 Å². The van der Waals surface area contributed by atoms with Crippen molar-refractivity contribution in [2.24, 2.45) is 5.41 Å². The largest absolute Gasteiger partial charge is 0.337 e. The van der Waals surface area contributed by atoms with E-state index in [4.69, 9.17) is 0 Å². The summed E-state index contributed by atoms with van der Waals surface area (Å²) in [4.78, 5) is 14.3. The molecule has 21 heavy (non-hydrogen) atoms. The zero-order chi connectivity index (χ0) is 14.2. The average Bonchev–Trinajstić information content (AvgIpc) is 3.05. The quantitative estimate of drug-likeness (QED) is 0.898. The fourth-order valence-electron chi connectivity index (χ4n) is 3.07. The van der Waals surface area contributed by atoms with Crippen molar-refractivity contribution in [3.05, 3.63) is 11.9 Å². The molecule has 1 aromatic heterocycles. The van der Waals surface area contributed by atoms with Gasteiger partial charge in [-0.15, -0.1) is 17.5 Å². The molecular formula is C14H24ClN5O. The SMILES string of the molecule is CC1(C)CCN(C(=O)c2cn(C3CCNCC3)nn2)C1.Cl. The first-order valence-corrected chi connectivity index (χ1v) is 7.47. The predicted molar refractivity (Wildman–Crippen MR) is 82.7 cm³/mol. The lowest BCUT2D eigenvalue weighted by Gasteiger charge is -2.22. The highest BCUT2D eigenvalue weighted by Gasteiger charge is 2.33. The summed E-state index contributed by atoms with van der Waals surface area (Å²) < 4.78 is 1.87. The second kappa shape index (κ2) is 6.32. The number of nitrogens with zero attached hydrogens (tertiary/aromatic N) is 4. The molecule has 2 aliphatic rings. The van der Waals surface area contributed by atoms with Crippen LogP contribution in [0, 0.1) is 5.41 Å². The average molecular weight is 314 g/mol. The maximum atomic E-state index is 12.4. The minimum atomic E-state index is 0. The molecule has 0 spiro atoms. The fourth-order valence-corrected chi connectivity index (χ4v) is 3.07. The molecule has 0 atom stereocenters. The van der Waals surface area contributed by atoms with Gasteiger partial charge in [-0.3, -0.25) is 4.79 Å². The van der Waals surface area contributed by atoms with Gasteiger partial charge in [0.2, 0.25) is 0 Å². The van der Waals surface area contributed by atoms with Gasteiger partial charge in [0.05, 0.1) is 12.2 Å². The Morgan fingerprint density at radius 1 is 1.38 bits per heavy atom. The maximum Gasteiger partial charge on any atom is 0.276 e. The zero-order valence-corrected chi connectivity index (χ0v) is 13.5. The van der Waals surface area contributed by atoms with Gasteiger partial charge < -0.3 is 10.2 Å². The number of carbonyl (C=O) groups is 1. The van der Waals surface area contributed by atoms with Gasteiger partial charge in [-0.2, -0.15) is 0 Å². The molecule has 118 valence electrons. The molecule has 6 nitrogen and oxygen atoms in total. The van der Waals surface area contributed by atoms with Crippen molar-refractivity contribution in [3.63, 3.8) is 0 Å². The number of amides is 1. The van der Waals surface area contributed by atoms with E-state index in [-0.39, 0.29) is 23.7 Å². The van der Waals surface area contributed by atoms with Gasteiger partial charge in [0, 0.05) is 13.1 Å². The highest BCUT2D eigenvalue weighted by molar-refractivity contribution is 5.92. The Kier molecular flexibility index (Phi) is 4.88. The van der Waals surface area contributed by atoms with E-state index in [0.717, 1.165) is 45.4 Å². The van der Waals surface area contributed by atoms with E-state index in [1.165, 1.54) is 0 Å². The Bertz CT molecular complexity index is 495. The van der Waals surface area contributed by atoms with Crippen molar-refractivity contribution in [2.75, 3.05) is 26.2 Å². The van der Waals surface area contributed by atoms with E-state index in [9.17, 15) is 4.79 Å². The summed E-state index contributed by atoms with van der Waals surface area (Å²) in [6, 6.07) is 0.375. The molecule has 0 bridgehead atoms. The molecule has 0 saturated carbocycles. The highest BCUT2D eigenvalue weighted by atomic mass is 35.5. The summed E-state index contributed by atoms with van der Waals surface area (Å²) in [7, 11) is 0. The molecule has 3 rings (SSSR count). The van der Waals surface area contributed by atoms with Crippen LogP contribution in [0.15, 0.2) is 6.20 Å². The third-order valence-corrected chi connectivity index (χ3v) is 4.38. The fraction of sp³-hybridized carbons (Fsp3) is 0.786. The summed E-state index contributed by atoms with van der Waals surface area (Å²) in [5.41, 5.74) is 0.710. The monoisotopic (exact) mass is 313 g/mol. The summed E-state index contributed by atoms with van der Waals surface area (Å²) >= 11 is 0. The van der Waals surface area contributed by atoms with Crippen molar-refractivity contribution in [3.8, 4) is 0 Å². The number of carbonyl (C=O) groups excluding carboxylic acids is 1. The Hall–Kier alpha value is -1.14. The Labute approximate surface area is 131 Å². The van der Waals surface area contributed by atoms with Crippen LogP contribution in [-0.4, -0.2) is 52.0 Å². The summed E-state index contributed by atoms with van der Waals surface area (Å²) in [6.45, 7) is 8.05. The lowest BCUT2D eigenvalue weighted by Crippen LogP contribution is -2.31. The van der Waals surface area contributed by atoms with Gasteiger partial charge in [-0.25, -0.2) is 4.68 Å². The first-order valence-electron chi connectivity index (χ1n) is 7.47. The number of hydrogen-bond acceptors (Lipinski definition) is 4. The number of hydrogen-bond donors (Lipinski definition) is 1. The molecule has 0 aromatic carbocycles. The van der Waals surface area contributed by atoms with Crippen LogP contribution in [0.1, 0.15) is 49.6 Å². The Morgan fingerprint density at radius 2 is 2.10 bits per heavy atom. The van der Waals surface area contributed by atoms with Crippen LogP contribution in [0.2, 0.25) is 0 Å². The van der Waals surface area contributed by atoms with Crippen LogP contribution in [0.4, 0.5) is 0 Å². The van der Waals surface area contributed by atoms with Gasteiger partial charge in [0.1, 0.15) is 0 Å². The van der Waals surface area contributed by atoms with Gasteiger partial charge in [0.25, 0.3) is 5.91 Å². The van der Waals surface area contributed by atoms with E-state index in [1.807, 2.05) is 15.8 Å². The van der Waals surface area contributed by atoms with E-state index >= 15 is 0 Å². The third-order valence-electron chi connectivity index (χ3n) is 4.38. The standard InChI is InChI=1S/C14H23N5O.ClH/c1-14(2)5-8-18(10-14)13(20)12-9-19(17-16-12)11-3-6-15-7-4-11;/h9,11,15H,3-8,10H2,1-2H3;1H. The van der Waals surface area contributed by atoms with E-state index in [0.29, 0.717) is 11.7 Å². The van der Waals surface area contributed by atoms with Crippen molar-refractivity contribution < 1.29 is 4.79 Å². The number of rotatable bonds is 2. The zero-order valence-electron chi connectivity index (χ0n) is 12.7. The molecule has 1 N–H and O–H groups in total. The van der Waals surface area contributed by atoms with Gasteiger partial charge in [-0.05, 0) is 37.8 Å². The minimum Gasteiger partial charge on any atom is -0.337 e. The number of aromatic nitrogens is 3. The third kappa shape index (κ3) is 3.55. The normalized spacial score (nSPS) is 22.1. The lowest BCUT2D eigenvalue weighted by molar-refractivity contribution is 0.0772. The maximum absolute atomic E-state index is 12.4. The van der Waals surface area contributed by atoms with Crippen molar-refractivity contribution in [1.82, 2.24) is 25.2 Å². The van der Waals surface area contributed by atoms with Crippen molar-refractivity contribution in [2.45, 2.75) is 39.2 Å². The Morgan fingerprint density at radius 3 is 2.71 bits per heavy atom. The van der Waals surface area contributed by atoms with Gasteiger partial charge in [0.15, 0.2) is 5.69 Å². The van der Waals surface area contributed by atoms with Crippen molar-refractivity contribution in [1.29, 1.82) is 0 Å². The molecular weight excluding hydrogens is 290 g/mol. The number of likely N-dealkylation sites (tertiary alicyclic amines) is 1. The molecule has 1 aromatic rings. The Balaban J connectivity index is 0.00000161. The summed E-state index contributed by atoms with van der Waals surface area (Å²) in [6.07, 6.45) is 4.98. The molecule has 1 amide bonds. The van der Waals surface area contributed by atoms with Crippen LogP contribution in [-0.2, 0) is 0 Å². The first-order chi connectivity index (χ1) is 9.55. The number of piperidine rings is 1.